The van der Waals surface area contributed by atoms with Crippen LogP contribution in [-0.4, -0.2) is 47.6 Å². The molecule has 0 radical (unpaired) electrons. The summed E-state index contributed by atoms with van der Waals surface area (Å²) in [5.41, 5.74) is 8.20. The lowest BCUT2D eigenvalue weighted by molar-refractivity contribution is 0.260. The lowest BCUT2D eigenvalue weighted by atomic mass is 10.1. The van der Waals surface area contributed by atoms with E-state index in [0.717, 1.165) is 45.1 Å². The predicted octanol–water partition coefficient (Wildman–Crippen LogP) is 1.30. The second kappa shape index (κ2) is 7.33. The SMILES string of the molecule is NCc1ccc(CCN2CCN(c3ncccn3)CC2)cc1. The minimum Gasteiger partial charge on any atom is -0.338 e. The van der Waals surface area contributed by atoms with Crippen molar-refractivity contribution in [2.24, 2.45) is 5.73 Å². The number of hydrogen-bond donors (Lipinski definition) is 1. The molecule has 116 valence electrons. The van der Waals surface area contributed by atoms with Crippen molar-refractivity contribution in [1.29, 1.82) is 0 Å². The van der Waals surface area contributed by atoms with Crippen LogP contribution in [0.4, 0.5) is 5.95 Å². The normalized spacial score (nSPS) is 16.0. The van der Waals surface area contributed by atoms with Gasteiger partial charge in [-0.15, -0.1) is 0 Å². The third-order valence-electron chi connectivity index (χ3n) is 4.18. The summed E-state index contributed by atoms with van der Waals surface area (Å²) in [5.74, 6) is 0.847. The number of anilines is 1. The third kappa shape index (κ3) is 3.81. The number of nitrogens with two attached hydrogens (primary N) is 1. The first-order valence-electron chi connectivity index (χ1n) is 7.87. The molecule has 0 unspecified atom stereocenters. The fraction of sp³-hybridized carbons (Fsp3) is 0.412. The van der Waals surface area contributed by atoms with Gasteiger partial charge in [0.2, 0.25) is 5.95 Å². The predicted molar refractivity (Wildman–Crippen MR) is 88.7 cm³/mol. The molecule has 0 spiro atoms. The Balaban J connectivity index is 1.45. The summed E-state index contributed by atoms with van der Waals surface area (Å²) < 4.78 is 0. The summed E-state index contributed by atoms with van der Waals surface area (Å²) in [4.78, 5) is 13.4. The Kier molecular flexibility index (Phi) is 4.98. The molecule has 22 heavy (non-hydrogen) atoms. The highest BCUT2D eigenvalue weighted by atomic mass is 15.3. The highest BCUT2D eigenvalue weighted by Gasteiger charge is 2.18. The number of hydrogen-bond acceptors (Lipinski definition) is 5. The molecular formula is C17H23N5. The topological polar surface area (TPSA) is 58.3 Å². The van der Waals surface area contributed by atoms with Gasteiger partial charge in [-0.3, -0.25) is 4.90 Å². The summed E-state index contributed by atoms with van der Waals surface area (Å²) in [6.07, 6.45) is 4.70. The molecule has 1 aromatic heterocycles. The van der Waals surface area contributed by atoms with Crippen molar-refractivity contribution in [1.82, 2.24) is 14.9 Å². The van der Waals surface area contributed by atoms with Crippen LogP contribution in [0.25, 0.3) is 0 Å². The molecule has 5 heteroatoms. The van der Waals surface area contributed by atoms with Crippen molar-refractivity contribution in [3.63, 3.8) is 0 Å². The lowest BCUT2D eigenvalue weighted by Gasteiger charge is -2.34. The molecule has 0 atom stereocenters. The maximum Gasteiger partial charge on any atom is 0.225 e. The molecule has 1 aromatic carbocycles. The van der Waals surface area contributed by atoms with Gasteiger partial charge in [0, 0.05) is 51.7 Å². The summed E-state index contributed by atoms with van der Waals surface area (Å²) in [6.45, 7) is 5.85. The summed E-state index contributed by atoms with van der Waals surface area (Å²) in [7, 11) is 0. The zero-order valence-corrected chi connectivity index (χ0v) is 12.9. The molecule has 1 fully saturated rings. The zero-order chi connectivity index (χ0) is 15.2. The van der Waals surface area contributed by atoms with E-state index in [2.05, 4.69) is 44.0 Å². The highest BCUT2D eigenvalue weighted by molar-refractivity contribution is 5.29. The van der Waals surface area contributed by atoms with Crippen molar-refractivity contribution in [2.45, 2.75) is 13.0 Å². The van der Waals surface area contributed by atoms with Gasteiger partial charge in [0.25, 0.3) is 0 Å². The third-order valence-corrected chi connectivity index (χ3v) is 4.18. The van der Waals surface area contributed by atoms with E-state index in [9.17, 15) is 0 Å². The Hall–Kier alpha value is -1.98. The molecule has 0 amide bonds. The minimum absolute atomic E-state index is 0.615. The largest absolute Gasteiger partial charge is 0.338 e. The van der Waals surface area contributed by atoms with Crippen molar-refractivity contribution in [3.05, 3.63) is 53.9 Å². The standard InChI is InChI=1S/C17H23N5/c18-14-16-4-2-15(3-5-16)6-9-21-10-12-22(13-11-21)17-19-7-1-8-20-17/h1-5,7-8H,6,9-14,18H2. The van der Waals surface area contributed by atoms with Gasteiger partial charge in [-0.1, -0.05) is 24.3 Å². The van der Waals surface area contributed by atoms with E-state index >= 15 is 0 Å². The van der Waals surface area contributed by atoms with Gasteiger partial charge in [0.1, 0.15) is 0 Å². The summed E-state index contributed by atoms with van der Waals surface area (Å²) in [5, 5.41) is 0. The molecule has 1 aliphatic rings. The molecule has 0 aliphatic carbocycles. The number of nitrogens with zero attached hydrogens (tertiary/aromatic N) is 4. The minimum atomic E-state index is 0.615. The van der Waals surface area contributed by atoms with Gasteiger partial charge in [0.05, 0.1) is 0 Å². The van der Waals surface area contributed by atoms with E-state index in [4.69, 9.17) is 5.73 Å². The summed E-state index contributed by atoms with van der Waals surface area (Å²) >= 11 is 0. The van der Waals surface area contributed by atoms with Crippen molar-refractivity contribution >= 4 is 5.95 Å². The highest BCUT2D eigenvalue weighted by Crippen LogP contribution is 2.11. The van der Waals surface area contributed by atoms with Crippen LogP contribution in [0.2, 0.25) is 0 Å². The lowest BCUT2D eigenvalue weighted by Crippen LogP contribution is -2.47. The van der Waals surface area contributed by atoms with Gasteiger partial charge >= 0.3 is 0 Å². The smallest absolute Gasteiger partial charge is 0.225 e. The van der Waals surface area contributed by atoms with Crippen LogP contribution in [0, 0.1) is 0 Å². The van der Waals surface area contributed by atoms with Crippen LogP contribution in [0.15, 0.2) is 42.7 Å². The molecular weight excluding hydrogens is 274 g/mol. The number of piperazine rings is 1. The van der Waals surface area contributed by atoms with Gasteiger partial charge in [0.15, 0.2) is 0 Å². The fourth-order valence-corrected chi connectivity index (χ4v) is 2.76. The van der Waals surface area contributed by atoms with E-state index in [1.54, 1.807) is 12.4 Å². The molecule has 1 aliphatic heterocycles. The first-order valence-corrected chi connectivity index (χ1v) is 7.87. The Bertz CT molecular complexity index is 561. The Morgan fingerprint density at radius 3 is 2.18 bits per heavy atom. The van der Waals surface area contributed by atoms with Gasteiger partial charge in [-0.2, -0.15) is 0 Å². The first-order chi connectivity index (χ1) is 10.8. The molecule has 5 nitrogen and oxygen atoms in total. The summed E-state index contributed by atoms with van der Waals surface area (Å²) in [6, 6.07) is 10.5. The van der Waals surface area contributed by atoms with Crippen LogP contribution in [0.3, 0.4) is 0 Å². The first kappa shape index (κ1) is 14.9. The van der Waals surface area contributed by atoms with E-state index in [1.807, 2.05) is 6.07 Å². The molecule has 1 saturated heterocycles. The number of aromatic nitrogens is 2. The van der Waals surface area contributed by atoms with Gasteiger partial charge in [-0.05, 0) is 23.6 Å². The molecule has 3 rings (SSSR count). The van der Waals surface area contributed by atoms with E-state index in [1.165, 1.54) is 11.1 Å². The number of benzene rings is 1. The quantitative estimate of drug-likeness (QED) is 0.901. The molecule has 2 aromatic rings. The van der Waals surface area contributed by atoms with Crippen molar-refractivity contribution in [2.75, 3.05) is 37.6 Å². The number of rotatable bonds is 5. The van der Waals surface area contributed by atoms with Crippen molar-refractivity contribution in [3.8, 4) is 0 Å². The van der Waals surface area contributed by atoms with Crippen LogP contribution < -0.4 is 10.6 Å². The van der Waals surface area contributed by atoms with E-state index < -0.39 is 0 Å². The maximum atomic E-state index is 5.63. The average Bonchev–Trinajstić information content (AvgIpc) is 2.61. The van der Waals surface area contributed by atoms with Gasteiger partial charge < -0.3 is 10.6 Å². The monoisotopic (exact) mass is 297 g/mol. The molecule has 0 saturated carbocycles. The van der Waals surface area contributed by atoms with Crippen molar-refractivity contribution < 1.29 is 0 Å². The maximum absolute atomic E-state index is 5.63. The van der Waals surface area contributed by atoms with E-state index in [-0.39, 0.29) is 0 Å². The van der Waals surface area contributed by atoms with Crippen LogP contribution in [0.5, 0.6) is 0 Å². The zero-order valence-electron chi connectivity index (χ0n) is 12.9. The molecule has 0 bridgehead atoms. The Labute approximate surface area is 131 Å². The van der Waals surface area contributed by atoms with Gasteiger partial charge in [-0.25, -0.2) is 9.97 Å². The van der Waals surface area contributed by atoms with E-state index in [0.29, 0.717) is 6.54 Å². The van der Waals surface area contributed by atoms with Crippen LogP contribution >= 0.6 is 0 Å². The van der Waals surface area contributed by atoms with Crippen LogP contribution in [0.1, 0.15) is 11.1 Å². The Morgan fingerprint density at radius 2 is 1.55 bits per heavy atom. The Morgan fingerprint density at radius 1 is 0.909 bits per heavy atom. The molecule has 2 N–H and O–H groups in total. The van der Waals surface area contributed by atoms with Crippen LogP contribution in [-0.2, 0) is 13.0 Å². The fourth-order valence-electron chi connectivity index (χ4n) is 2.76. The second-order valence-corrected chi connectivity index (χ2v) is 5.65. The molecule has 2 heterocycles. The average molecular weight is 297 g/mol. The second-order valence-electron chi connectivity index (χ2n) is 5.65.